The molecule has 3 rings (SSSR count). The fourth-order valence-corrected chi connectivity index (χ4v) is 2.50. The van der Waals surface area contributed by atoms with Crippen molar-refractivity contribution >= 4 is 23.2 Å². The Morgan fingerprint density at radius 3 is 2.52 bits per heavy atom. The number of carbonyl (C=O) groups is 1. The number of hydrogen-bond acceptors (Lipinski definition) is 2. The molecule has 2 aromatic rings. The number of aryl methyl sites for hydroxylation is 1. The van der Waals surface area contributed by atoms with Gasteiger partial charge in [-0.3, -0.25) is 4.79 Å². The van der Waals surface area contributed by atoms with Crippen molar-refractivity contribution in [3.05, 3.63) is 64.4 Å². The molecule has 23 heavy (non-hydrogen) atoms. The Hall–Kier alpha value is -2.07. The van der Waals surface area contributed by atoms with E-state index in [1.165, 1.54) is 12.1 Å². The monoisotopic (exact) mass is 332 g/mol. The van der Waals surface area contributed by atoms with E-state index in [-0.39, 0.29) is 17.8 Å². The summed E-state index contributed by atoms with van der Waals surface area (Å²) < 4.78 is 13.2. The van der Waals surface area contributed by atoms with Crippen LogP contribution in [0.25, 0.3) is 0 Å². The van der Waals surface area contributed by atoms with Crippen molar-refractivity contribution in [2.45, 2.75) is 31.8 Å². The molecular formula is C18H18ClFN2O. The van der Waals surface area contributed by atoms with E-state index < -0.39 is 6.04 Å². The maximum Gasteiger partial charge on any atom is 0.247 e. The van der Waals surface area contributed by atoms with Crippen molar-refractivity contribution in [2.75, 3.05) is 5.32 Å². The van der Waals surface area contributed by atoms with Crippen LogP contribution in [0.3, 0.4) is 0 Å². The third-order valence-corrected chi connectivity index (χ3v) is 4.28. The number of halogens is 2. The summed E-state index contributed by atoms with van der Waals surface area (Å²) in [6.07, 6.45) is 2.02. The smallest absolute Gasteiger partial charge is 0.247 e. The highest BCUT2D eigenvalue weighted by atomic mass is 35.5. The molecule has 1 saturated carbocycles. The van der Waals surface area contributed by atoms with Gasteiger partial charge in [0.05, 0.1) is 0 Å². The SMILES string of the molecule is Cc1ccc(N[C@@H](C(=O)NC2CC2)c2ccc(F)cc2)cc1Cl. The number of rotatable bonds is 5. The van der Waals surface area contributed by atoms with Gasteiger partial charge in [0, 0.05) is 16.8 Å². The standard InChI is InChI=1S/C18H18ClFN2O/c1-11-2-7-15(10-16(11)19)21-17(18(23)22-14-8-9-14)12-3-5-13(20)6-4-12/h2-7,10,14,17,21H,8-9H2,1H3,(H,22,23)/t17-/m1/s1. The Bertz CT molecular complexity index is 713. The first kappa shape index (κ1) is 15.8. The first-order valence-electron chi connectivity index (χ1n) is 7.61. The van der Waals surface area contributed by atoms with Crippen molar-refractivity contribution in [3.63, 3.8) is 0 Å². The topological polar surface area (TPSA) is 41.1 Å². The van der Waals surface area contributed by atoms with Gasteiger partial charge in [-0.15, -0.1) is 0 Å². The molecule has 1 atom stereocenters. The summed E-state index contributed by atoms with van der Waals surface area (Å²) in [7, 11) is 0. The average Bonchev–Trinajstić information content (AvgIpc) is 3.33. The Kier molecular flexibility index (Phi) is 4.53. The van der Waals surface area contributed by atoms with E-state index in [2.05, 4.69) is 10.6 Å². The fraction of sp³-hybridized carbons (Fsp3) is 0.278. The summed E-state index contributed by atoms with van der Waals surface area (Å²) >= 11 is 6.15. The van der Waals surface area contributed by atoms with Crippen LogP contribution in [-0.2, 0) is 4.79 Å². The summed E-state index contributed by atoms with van der Waals surface area (Å²) in [6.45, 7) is 1.92. The Balaban J connectivity index is 1.85. The van der Waals surface area contributed by atoms with Crippen LogP contribution in [0.5, 0.6) is 0 Å². The number of anilines is 1. The van der Waals surface area contributed by atoms with E-state index in [0.29, 0.717) is 10.6 Å². The van der Waals surface area contributed by atoms with Gasteiger partial charge in [0.25, 0.3) is 0 Å². The third-order valence-electron chi connectivity index (χ3n) is 3.87. The molecule has 0 heterocycles. The molecule has 1 amide bonds. The first-order chi connectivity index (χ1) is 11.0. The molecule has 5 heteroatoms. The van der Waals surface area contributed by atoms with Crippen LogP contribution in [-0.4, -0.2) is 11.9 Å². The van der Waals surface area contributed by atoms with Gasteiger partial charge in [0.15, 0.2) is 0 Å². The van der Waals surface area contributed by atoms with Crippen LogP contribution in [0, 0.1) is 12.7 Å². The predicted octanol–water partition coefficient (Wildman–Crippen LogP) is 4.22. The molecule has 0 aliphatic heterocycles. The Labute approximate surface area is 139 Å². The largest absolute Gasteiger partial charge is 0.370 e. The molecule has 2 N–H and O–H groups in total. The number of nitrogens with one attached hydrogen (secondary N) is 2. The molecule has 120 valence electrons. The van der Waals surface area contributed by atoms with Crippen molar-refractivity contribution in [3.8, 4) is 0 Å². The lowest BCUT2D eigenvalue weighted by molar-refractivity contribution is -0.122. The van der Waals surface area contributed by atoms with Crippen LogP contribution < -0.4 is 10.6 Å². The first-order valence-corrected chi connectivity index (χ1v) is 7.99. The second-order valence-electron chi connectivity index (χ2n) is 5.88. The molecular weight excluding hydrogens is 315 g/mol. The van der Waals surface area contributed by atoms with E-state index in [9.17, 15) is 9.18 Å². The van der Waals surface area contributed by atoms with Gasteiger partial charge < -0.3 is 10.6 Å². The van der Waals surface area contributed by atoms with Crippen molar-refractivity contribution in [2.24, 2.45) is 0 Å². The van der Waals surface area contributed by atoms with Gasteiger partial charge in [-0.25, -0.2) is 4.39 Å². The molecule has 3 nitrogen and oxygen atoms in total. The second kappa shape index (κ2) is 6.59. The minimum absolute atomic E-state index is 0.115. The van der Waals surface area contributed by atoms with Gasteiger partial charge in [-0.05, 0) is 55.2 Å². The van der Waals surface area contributed by atoms with Crippen molar-refractivity contribution in [1.29, 1.82) is 0 Å². The fourth-order valence-electron chi connectivity index (χ4n) is 2.32. The molecule has 0 bridgehead atoms. The quantitative estimate of drug-likeness (QED) is 0.860. The number of carbonyl (C=O) groups excluding carboxylic acids is 1. The van der Waals surface area contributed by atoms with Gasteiger partial charge in [-0.1, -0.05) is 29.8 Å². The third kappa shape index (κ3) is 4.02. The maximum absolute atomic E-state index is 13.2. The van der Waals surface area contributed by atoms with Crippen molar-refractivity contribution in [1.82, 2.24) is 5.32 Å². The lowest BCUT2D eigenvalue weighted by Gasteiger charge is -2.20. The van der Waals surface area contributed by atoms with Crippen LogP contribution >= 0.6 is 11.6 Å². The molecule has 2 aromatic carbocycles. The number of benzene rings is 2. The molecule has 0 saturated heterocycles. The maximum atomic E-state index is 13.2. The highest BCUT2D eigenvalue weighted by Crippen LogP contribution is 2.26. The zero-order valence-corrected chi connectivity index (χ0v) is 13.5. The van der Waals surface area contributed by atoms with Crippen LogP contribution in [0.15, 0.2) is 42.5 Å². The summed E-state index contributed by atoms with van der Waals surface area (Å²) in [5.74, 6) is -0.440. The minimum Gasteiger partial charge on any atom is -0.370 e. The normalized spacial score (nSPS) is 15.1. The van der Waals surface area contributed by atoms with E-state index in [4.69, 9.17) is 11.6 Å². The number of amides is 1. The van der Waals surface area contributed by atoms with E-state index in [1.807, 2.05) is 19.1 Å². The lowest BCUT2D eigenvalue weighted by atomic mass is 10.1. The van der Waals surface area contributed by atoms with E-state index >= 15 is 0 Å². The molecule has 0 aromatic heterocycles. The average molecular weight is 333 g/mol. The Morgan fingerprint density at radius 2 is 1.91 bits per heavy atom. The van der Waals surface area contributed by atoms with Crippen LogP contribution in [0.4, 0.5) is 10.1 Å². The van der Waals surface area contributed by atoms with E-state index in [1.54, 1.807) is 18.2 Å². The summed E-state index contributed by atoms with van der Waals surface area (Å²) in [4.78, 5) is 12.5. The van der Waals surface area contributed by atoms with Crippen molar-refractivity contribution < 1.29 is 9.18 Å². The zero-order chi connectivity index (χ0) is 16.4. The molecule has 0 spiro atoms. The summed E-state index contributed by atoms with van der Waals surface area (Å²) in [5.41, 5.74) is 2.43. The van der Waals surface area contributed by atoms with E-state index in [0.717, 1.165) is 24.1 Å². The summed E-state index contributed by atoms with van der Waals surface area (Å²) in [6, 6.07) is 11.2. The number of hydrogen-bond donors (Lipinski definition) is 2. The van der Waals surface area contributed by atoms with Crippen LogP contribution in [0.2, 0.25) is 5.02 Å². The van der Waals surface area contributed by atoms with Gasteiger partial charge in [0.2, 0.25) is 5.91 Å². The Morgan fingerprint density at radius 1 is 1.22 bits per heavy atom. The van der Waals surface area contributed by atoms with Gasteiger partial charge in [-0.2, -0.15) is 0 Å². The highest BCUT2D eigenvalue weighted by Gasteiger charge is 2.28. The highest BCUT2D eigenvalue weighted by molar-refractivity contribution is 6.31. The minimum atomic E-state index is -0.588. The van der Waals surface area contributed by atoms with Gasteiger partial charge >= 0.3 is 0 Å². The molecule has 0 radical (unpaired) electrons. The van der Waals surface area contributed by atoms with Gasteiger partial charge in [0.1, 0.15) is 11.9 Å². The van der Waals surface area contributed by atoms with Crippen LogP contribution in [0.1, 0.15) is 30.0 Å². The molecule has 1 aliphatic rings. The zero-order valence-electron chi connectivity index (χ0n) is 12.8. The molecule has 1 fully saturated rings. The molecule has 0 unspecified atom stereocenters. The molecule has 1 aliphatic carbocycles. The summed E-state index contributed by atoms with van der Waals surface area (Å²) in [5, 5.41) is 6.82. The predicted molar refractivity (Wildman–Crippen MR) is 90.1 cm³/mol. The second-order valence-corrected chi connectivity index (χ2v) is 6.28. The lowest BCUT2D eigenvalue weighted by Crippen LogP contribution is -2.34.